The maximum Gasteiger partial charge on any atom is 0.255 e. The zero-order chi connectivity index (χ0) is 19.2. The molecule has 0 bridgehead atoms. The Morgan fingerprint density at radius 1 is 1.04 bits per heavy atom. The number of hydrogen-bond acceptors (Lipinski definition) is 3. The minimum absolute atomic E-state index is 0.0489. The molecule has 0 fully saturated rings. The van der Waals surface area contributed by atoms with Gasteiger partial charge in [0.2, 0.25) is 0 Å². The van der Waals surface area contributed by atoms with E-state index >= 15 is 0 Å². The Balaban J connectivity index is 1.73. The summed E-state index contributed by atoms with van der Waals surface area (Å²) in [7, 11) is 1.49. The molecule has 0 heterocycles. The van der Waals surface area contributed by atoms with Crippen LogP contribution in [0.25, 0.3) is 0 Å². The van der Waals surface area contributed by atoms with Gasteiger partial charge in [-0.1, -0.05) is 41.9 Å². The third kappa shape index (κ3) is 4.77. The van der Waals surface area contributed by atoms with Gasteiger partial charge in [0.15, 0.2) is 11.5 Å². The first-order valence-electron chi connectivity index (χ1n) is 8.18. The van der Waals surface area contributed by atoms with Gasteiger partial charge in [0.05, 0.1) is 12.8 Å². The Morgan fingerprint density at radius 2 is 1.81 bits per heavy atom. The van der Waals surface area contributed by atoms with Gasteiger partial charge in [-0.3, -0.25) is 4.79 Å². The smallest absolute Gasteiger partial charge is 0.255 e. The molecule has 0 saturated carbocycles. The van der Waals surface area contributed by atoms with Crippen LogP contribution in [0.4, 0.5) is 10.1 Å². The summed E-state index contributed by atoms with van der Waals surface area (Å²) in [5, 5.41) is 2.77. The molecule has 27 heavy (non-hydrogen) atoms. The summed E-state index contributed by atoms with van der Waals surface area (Å²) >= 11 is 5.72. The van der Waals surface area contributed by atoms with E-state index in [1.165, 1.54) is 19.2 Å². The molecule has 0 saturated heterocycles. The topological polar surface area (TPSA) is 47.6 Å². The van der Waals surface area contributed by atoms with Gasteiger partial charge in [-0.25, -0.2) is 4.39 Å². The Bertz CT molecular complexity index is 947. The number of anilines is 1. The SMILES string of the molecule is COc1cc(C(=O)Nc2ccc(Cl)cc2F)ccc1OCc1ccccc1. The van der Waals surface area contributed by atoms with E-state index in [1.807, 2.05) is 30.3 Å². The van der Waals surface area contributed by atoms with E-state index in [1.54, 1.807) is 18.2 Å². The second-order valence-corrected chi connectivity index (χ2v) is 6.15. The van der Waals surface area contributed by atoms with E-state index in [4.69, 9.17) is 21.1 Å². The summed E-state index contributed by atoms with van der Waals surface area (Å²) < 4.78 is 24.9. The van der Waals surface area contributed by atoms with Crippen LogP contribution in [0.1, 0.15) is 15.9 Å². The highest BCUT2D eigenvalue weighted by atomic mass is 35.5. The van der Waals surface area contributed by atoms with Crippen molar-refractivity contribution in [3.8, 4) is 11.5 Å². The molecule has 138 valence electrons. The van der Waals surface area contributed by atoms with Crippen molar-refractivity contribution in [3.63, 3.8) is 0 Å². The van der Waals surface area contributed by atoms with Gasteiger partial charge in [0.1, 0.15) is 12.4 Å². The fraction of sp³-hybridized carbons (Fsp3) is 0.0952. The second kappa shape index (κ2) is 8.56. The molecular weight excluding hydrogens is 369 g/mol. The molecule has 1 amide bonds. The minimum Gasteiger partial charge on any atom is -0.493 e. The molecule has 0 aliphatic carbocycles. The lowest BCUT2D eigenvalue weighted by Crippen LogP contribution is -2.13. The number of hydrogen-bond donors (Lipinski definition) is 1. The molecular formula is C21H17ClFNO3. The van der Waals surface area contributed by atoms with Crippen LogP contribution in [0, 0.1) is 5.82 Å². The molecule has 0 radical (unpaired) electrons. The molecule has 1 N–H and O–H groups in total. The molecule has 3 aromatic rings. The van der Waals surface area contributed by atoms with Crippen molar-refractivity contribution in [3.05, 3.63) is 88.7 Å². The molecule has 0 aliphatic heterocycles. The number of nitrogens with one attached hydrogen (secondary N) is 1. The van der Waals surface area contributed by atoms with Crippen molar-refractivity contribution >= 4 is 23.2 Å². The van der Waals surface area contributed by atoms with Crippen LogP contribution in [0.15, 0.2) is 66.7 Å². The van der Waals surface area contributed by atoms with Crippen LogP contribution in [-0.4, -0.2) is 13.0 Å². The fourth-order valence-corrected chi connectivity index (χ4v) is 2.61. The van der Waals surface area contributed by atoms with E-state index in [2.05, 4.69) is 5.32 Å². The van der Waals surface area contributed by atoms with Crippen LogP contribution in [0.5, 0.6) is 11.5 Å². The number of rotatable bonds is 6. The molecule has 0 spiro atoms. The quantitative estimate of drug-likeness (QED) is 0.624. The van der Waals surface area contributed by atoms with Crippen molar-refractivity contribution in [1.82, 2.24) is 0 Å². The van der Waals surface area contributed by atoms with Crippen molar-refractivity contribution in [2.75, 3.05) is 12.4 Å². The molecule has 0 atom stereocenters. The van der Waals surface area contributed by atoms with Crippen molar-refractivity contribution in [2.24, 2.45) is 0 Å². The third-order valence-electron chi connectivity index (χ3n) is 3.84. The summed E-state index contributed by atoms with van der Waals surface area (Å²) in [4.78, 5) is 12.4. The lowest BCUT2D eigenvalue weighted by atomic mass is 10.1. The average molecular weight is 386 g/mol. The number of halogens is 2. The highest BCUT2D eigenvalue weighted by Gasteiger charge is 2.13. The molecule has 0 aliphatic rings. The first kappa shape index (κ1) is 18.7. The zero-order valence-corrected chi connectivity index (χ0v) is 15.3. The molecule has 4 nitrogen and oxygen atoms in total. The van der Waals surface area contributed by atoms with Gasteiger partial charge in [0.25, 0.3) is 5.91 Å². The number of methoxy groups -OCH3 is 1. The lowest BCUT2D eigenvalue weighted by molar-refractivity contribution is 0.102. The van der Waals surface area contributed by atoms with E-state index < -0.39 is 11.7 Å². The monoisotopic (exact) mass is 385 g/mol. The number of amides is 1. The summed E-state index contributed by atoms with van der Waals surface area (Å²) in [6.07, 6.45) is 0. The second-order valence-electron chi connectivity index (χ2n) is 5.72. The van der Waals surface area contributed by atoms with E-state index in [0.717, 1.165) is 11.6 Å². The van der Waals surface area contributed by atoms with Gasteiger partial charge in [-0.05, 0) is 42.0 Å². The normalized spacial score (nSPS) is 10.3. The first-order valence-corrected chi connectivity index (χ1v) is 8.56. The maximum absolute atomic E-state index is 13.9. The van der Waals surface area contributed by atoms with Gasteiger partial charge < -0.3 is 14.8 Å². The van der Waals surface area contributed by atoms with Gasteiger partial charge >= 0.3 is 0 Å². The highest BCUT2D eigenvalue weighted by Crippen LogP contribution is 2.29. The van der Waals surface area contributed by atoms with Crippen molar-refractivity contribution in [1.29, 1.82) is 0 Å². The zero-order valence-electron chi connectivity index (χ0n) is 14.5. The van der Waals surface area contributed by atoms with Gasteiger partial charge in [-0.2, -0.15) is 0 Å². The minimum atomic E-state index is -0.606. The summed E-state index contributed by atoms with van der Waals surface area (Å²) in [6, 6.07) is 18.5. The van der Waals surface area contributed by atoms with E-state index in [0.29, 0.717) is 23.7 Å². The standard InChI is InChI=1S/C21H17ClFNO3/c1-26-20-11-15(21(25)24-18-9-8-16(22)12-17(18)23)7-10-19(20)27-13-14-5-3-2-4-6-14/h2-12H,13H2,1H3,(H,24,25). The van der Waals surface area contributed by atoms with Crippen LogP contribution >= 0.6 is 11.6 Å². The molecule has 3 rings (SSSR count). The summed E-state index contributed by atoms with van der Waals surface area (Å²) in [5.74, 6) is -0.152. The molecule has 6 heteroatoms. The Kier molecular flexibility index (Phi) is 5.94. The maximum atomic E-state index is 13.9. The van der Waals surface area contributed by atoms with Crippen LogP contribution in [0.3, 0.4) is 0 Å². The predicted octanol–water partition coefficient (Wildman–Crippen LogP) is 5.32. The van der Waals surface area contributed by atoms with Crippen molar-refractivity contribution in [2.45, 2.75) is 6.61 Å². The number of ether oxygens (including phenoxy) is 2. The number of carbonyl (C=O) groups is 1. The highest BCUT2D eigenvalue weighted by molar-refractivity contribution is 6.30. The molecule has 3 aromatic carbocycles. The van der Waals surface area contributed by atoms with E-state index in [-0.39, 0.29) is 10.7 Å². The van der Waals surface area contributed by atoms with Crippen LogP contribution in [-0.2, 0) is 6.61 Å². The predicted molar refractivity (Wildman–Crippen MR) is 103 cm³/mol. The van der Waals surface area contributed by atoms with Gasteiger partial charge in [0, 0.05) is 10.6 Å². The van der Waals surface area contributed by atoms with Crippen LogP contribution in [0.2, 0.25) is 5.02 Å². The average Bonchev–Trinajstić information content (AvgIpc) is 2.69. The summed E-state index contributed by atoms with van der Waals surface area (Å²) in [6.45, 7) is 0.374. The first-order chi connectivity index (χ1) is 13.1. The molecule has 0 unspecified atom stereocenters. The van der Waals surface area contributed by atoms with E-state index in [9.17, 15) is 9.18 Å². The summed E-state index contributed by atoms with van der Waals surface area (Å²) in [5.41, 5.74) is 1.38. The Labute approximate surface area is 161 Å². The Morgan fingerprint density at radius 3 is 2.52 bits per heavy atom. The largest absolute Gasteiger partial charge is 0.493 e. The van der Waals surface area contributed by atoms with Gasteiger partial charge in [-0.15, -0.1) is 0 Å². The van der Waals surface area contributed by atoms with Crippen molar-refractivity contribution < 1.29 is 18.7 Å². The third-order valence-corrected chi connectivity index (χ3v) is 4.08. The Hall–Kier alpha value is -3.05. The van der Waals surface area contributed by atoms with Crippen LogP contribution < -0.4 is 14.8 Å². The fourth-order valence-electron chi connectivity index (χ4n) is 2.45. The number of benzene rings is 3. The number of carbonyl (C=O) groups excluding carboxylic acids is 1. The molecule has 0 aromatic heterocycles. The lowest BCUT2D eigenvalue weighted by Gasteiger charge is -2.13.